The first-order chi connectivity index (χ1) is 13.6. The van der Waals surface area contributed by atoms with Crippen LogP contribution in [0.2, 0.25) is 5.02 Å². The third-order valence-electron chi connectivity index (χ3n) is 4.54. The largest absolute Gasteiger partial charge is 0.324 e. The molecule has 0 saturated heterocycles. The van der Waals surface area contributed by atoms with Crippen LogP contribution in [0.15, 0.2) is 66.9 Å². The average Bonchev–Trinajstić information content (AvgIpc) is 3.56. The van der Waals surface area contributed by atoms with E-state index in [2.05, 4.69) is 15.6 Å². The molecule has 1 aromatic heterocycles. The predicted molar refractivity (Wildman–Crippen MR) is 110 cm³/mol. The van der Waals surface area contributed by atoms with Gasteiger partial charge < -0.3 is 10.6 Å². The number of amides is 2. The molecular weight excluding hydrogens is 374 g/mol. The van der Waals surface area contributed by atoms with Crippen molar-refractivity contribution >= 4 is 34.8 Å². The van der Waals surface area contributed by atoms with E-state index in [0.717, 1.165) is 24.1 Å². The lowest BCUT2D eigenvalue weighted by Gasteiger charge is -2.08. The van der Waals surface area contributed by atoms with Crippen LogP contribution in [0.5, 0.6) is 0 Å². The molecule has 2 aromatic carbocycles. The second-order valence-electron chi connectivity index (χ2n) is 6.71. The summed E-state index contributed by atoms with van der Waals surface area (Å²) in [5.74, 6) is -0.0154. The molecule has 2 N–H and O–H groups in total. The van der Waals surface area contributed by atoms with E-state index >= 15 is 0 Å². The zero-order valence-electron chi connectivity index (χ0n) is 15.0. The number of pyridine rings is 1. The highest BCUT2D eigenvalue weighted by Gasteiger charge is 2.29. The SMILES string of the molecule is O=C(Nc1ccccc1Cl)c1ccc(-c2ccc(NC(=O)C3CC3)cn2)cc1. The van der Waals surface area contributed by atoms with E-state index in [0.29, 0.717) is 22.0 Å². The van der Waals surface area contributed by atoms with Crippen molar-refractivity contribution in [3.05, 3.63) is 77.4 Å². The number of hydrogen-bond acceptors (Lipinski definition) is 3. The van der Waals surface area contributed by atoms with Crippen LogP contribution in [-0.4, -0.2) is 16.8 Å². The standard InChI is InChI=1S/C22H18ClN3O2/c23-18-3-1-2-4-20(18)26-22(28)16-7-5-14(6-8-16)19-12-11-17(13-24-19)25-21(27)15-9-10-15/h1-8,11-13,15H,9-10H2,(H,25,27)(H,26,28). The monoisotopic (exact) mass is 391 g/mol. The van der Waals surface area contributed by atoms with Crippen LogP contribution in [0, 0.1) is 5.92 Å². The molecule has 6 heteroatoms. The Bertz CT molecular complexity index is 1010. The number of hydrogen-bond donors (Lipinski definition) is 2. The van der Waals surface area contributed by atoms with Gasteiger partial charge in [0.25, 0.3) is 5.91 Å². The third-order valence-corrected chi connectivity index (χ3v) is 4.87. The molecule has 1 heterocycles. The summed E-state index contributed by atoms with van der Waals surface area (Å²) >= 11 is 6.08. The van der Waals surface area contributed by atoms with Gasteiger partial charge in [0.1, 0.15) is 0 Å². The number of nitrogens with one attached hydrogen (secondary N) is 2. The molecular formula is C22H18ClN3O2. The maximum Gasteiger partial charge on any atom is 0.255 e. The molecule has 0 radical (unpaired) electrons. The van der Waals surface area contributed by atoms with Crippen molar-refractivity contribution in [2.75, 3.05) is 10.6 Å². The predicted octanol–water partition coefficient (Wildman–Crippen LogP) is 5.00. The number of anilines is 2. The lowest BCUT2D eigenvalue weighted by Crippen LogP contribution is -2.13. The van der Waals surface area contributed by atoms with E-state index in [1.807, 2.05) is 36.4 Å². The molecule has 1 fully saturated rings. The Labute approximate surface area is 167 Å². The van der Waals surface area contributed by atoms with Crippen LogP contribution in [0.3, 0.4) is 0 Å². The molecule has 4 rings (SSSR count). The number of nitrogens with zero attached hydrogens (tertiary/aromatic N) is 1. The van der Waals surface area contributed by atoms with Gasteiger partial charge in [-0.1, -0.05) is 35.9 Å². The number of benzene rings is 2. The minimum Gasteiger partial charge on any atom is -0.324 e. The fourth-order valence-electron chi connectivity index (χ4n) is 2.78. The maximum atomic E-state index is 12.4. The van der Waals surface area contributed by atoms with Gasteiger partial charge in [0.2, 0.25) is 5.91 Å². The van der Waals surface area contributed by atoms with Crippen LogP contribution >= 0.6 is 11.6 Å². The molecule has 3 aromatic rings. The lowest BCUT2D eigenvalue weighted by molar-refractivity contribution is -0.117. The Morgan fingerprint density at radius 2 is 1.68 bits per heavy atom. The van der Waals surface area contributed by atoms with Crippen molar-refractivity contribution in [3.8, 4) is 11.3 Å². The Hall–Kier alpha value is -3.18. The molecule has 2 amide bonds. The highest BCUT2D eigenvalue weighted by molar-refractivity contribution is 6.33. The van der Waals surface area contributed by atoms with Gasteiger partial charge >= 0.3 is 0 Å². The van der Waals surface area contributed by atoms with Crippen LogP contribution in [-0.2, 0) is 4.79 Å². The topological polar surface area (TPSA) is 71.1 Å². The molecule has 1 aliphatic rings. The molecule has 0 unspecified atom stereocenters. The Kier molecular flexibility index (Phi) is 5.08. The van der Waals surface area contributed by atoms with Gasteiger partial charge in [-0.3, -0.25) is 14.6 Å². The van der Waals surface area contributed by atoms with Crippen molar-refractivity contribution in [2.24, 2.45) is 5.92 Å². The minimum atomic E-state index is -0.231. The van der Waals surface area contributed by atoms with Crippen LogP contribution in [0.1, 0.15) is 23.2 Å². The third kappa shape index (κ3) is 4.21. The number of rotatable bonds is 5. The maximum absolute atomic E-state index is 12.4. The fraction of sp³-hybridized carbons (Fsp3) is 0.136. The van der Waals surface area contributed by atoms with E-state index in [4.69, 9.17) is 11.6 Å². The highest BCUT2D eigenvalue weighted by Crippen LogP contribution is 2.30. The molecule has 140 valence electrons. The quantitative estimate of drug-likeness (QED) is 0.642. The van der Waals surface area contributed by atoms with Gasteiger partial charge in [0.05, 0.1) is 28.3 Å². The van der Waals surface area contributed by atoms with Crippen molar-refractivity contribution in [3.63, 3.8) is 0 Å². The van der Waals surface area contributed by atoms with Crippen molar-refractivity contribution in [1.29, 1.82) is 0 Å². The molecule has 1 saturated carbocycles. The number of carbonyl (C=O) groups excluding carboxylic acids is 2. The smallest absolute Gasteiger partial charge is 0.255 e. The molecule has 0 atom stereocenters. The van der Waals surface area contributed by atoms with E-state index < -0.39 is 0 Å². The van der Waals surface area contributed by atoms with Crippen LogP contribution in [0.25, 0.3) is 11.3 Å². The van der Waals surface area contributed by atoms with Crippen LogP contribution < -0.4 is 10.6 Å². The van der Waals surface area contributed by atoms with Crippen molar-refractivity contribution < 1.29 is 9.59 Å². The number of para-hydroxylation sites is 1. The summed E-state index contributed by atoms with van der Waals surface area (Å²) in [4.78, 5) is 28.6. The summed E-state index contributed by atoms with van der Waals surface area (Å²) in [6, 6.07) is 17.9. The lowest BCUT2D eigenvalue weighted by atomic mass is 10.1. The summed E-state index contributed by atoms with van der Waals surface area (Å²) < 4.78 is 0. The van der Waals surface area contributed by atoms with E-state index in [1.54, 1.807) is 30.5 Å². The van der Waals surface area contributed by atoms with Crippen molar-refractivity contribution in [2.45, 2.75) is 12.8 Å². The number of carbonyl (C=O) groups is 2. The van der Waals surface area contributed by atoms with Crippen molar-refractivity contribution in [1.82, 2.24) is 4.98 Å². The van der Waals surface area contributed by atoms with E-state index in [9.17, 15) is 9.59 Å². The van der Waals surface area contributed by atoms with Gasteiger partial charge in [-0.15, -0.1) is 0 Å². The molecule has 0 bridgehead atoms. The molecule has 0 spiro atoms. The normalized spacial score (nSPS) is 13.0. The Morgan fingerprint density at radius 3 is 2.32 bits per heavy atom. The Morgan fingerprint density at radius 1 is 0.929 bits per heavy atom. The van der Waals surface area contributed by atoms with Gasteiger partial charge in [0, 0.05) is 17.0 Å². The first-order valence-electron chi connectivity index (χ1n) is 9.03. The summed E-state index contributed by atoms with van der Waals surface area (Å²) in [5.41, 5.74) is 3.44. The summed E-state index contributed by atoms with van der Waals surface area (Å²) in [6.07, 6.45) is 3.58. The number of halogens is 1. The average molecular weight is 392 g/mol. The van der Waals surface area contributed by atoms with Gasteiger partial charge in [0.15, 0.2) is 0 Å². The Balaban J connectivity index is 1.43. The molecule has 1 aliphatic carbocycles. The summed E-state index contributed by atoms with van der Waals surface area (Å²) in [7, 11) is 0. The second kappa shape index (κ2) is 7.82. The molecule has 5 nitrogen and oxygen atoms in total. The fourth-order valence-corrected chi connectivity index (χ4v) is 2.96. The van der Waals surface area contributed by atoms with Gasteiger partial charge in [-0.25, -0.2) is 0 Å². The van der Waals surface area contributed by atoms with Gasteiger partial charge in [-0.2, -0.15) is 0 Å². The zero-order valence-corrected chi connectivity index (χ0v) is 15.7. The molecule has 0 aliphatic heterocycles. The van der Waals surface area contributed by atoms with E-state index in [-0.39, 0.29) is 17.7 Å². The summed E-state index contributed by atoms with van der Waals surface area (Å²) in [5, 5.41) is 6.16. The first-order valence-corrected chi connectivity index (χ1v) is 9.41. The van der Waals surface area contributed by atoms with Crippen LogP contribution in [0.4, 0.5) is 11.4 Å². The minimum absolute atomic E-state index is 0.0587. The highest BCUT2D eigenvalue weighted by atomic mass is 35.5. The van der Waals surface area contributed by atoms with E-state index in [1.165, 1.54) is 0 Å². The van der Waals surface area contributed by atoms with Gasteiger partial charge in [-0.05, 0) is 49.2 Å². The first kappa shape index (κ1) is 18.2. The zero-order chi connectivity index (χ0) is 19.5. The molecule has 28 heavy (non-hydrogen) atoms. The summed E-state index contributed by atoms with van der Waals surface area (Å²) in [6.45, 7) is 0. The second-order valence-corrected chi connectivity index (χ2v) is 7.11. The number of aromatic nitrogens is 1.